The number of hydrogen-bond acceptors (Lipinski definition) is 7. The molecule has 0 fully saturated rings. The Morgan fingerprint density at radius 2 is 1.76 bits per heavy atom. The number of carbonyl (C=O) groups is 1. The molecule has 1 amide bonds. The number of sulfonamides is 1. The summed E-state index contributed by atoms with van der Waals surface area (Å²) in [4.78, 5) is 16.0. The Hall–Kier alpha value is -4.18. The van der Waals surface area contributed by atoms with Crippen LogP contribution < -0.4 is 0 Å². The van der Waals surface area contributed by atoms with Crippen LogP contribution in [0.15, 0.2) is 78.1 Å². The first-order valence-corrected chi connectivity index (χ1v) is 11.3. The second-order valence-corrected chi connectivity index (χ2v) is 9.21. The molecule has 2 heterocycles. The third-order valence-electron chi connectivity index (χ3n) is 5.17. The number of amides is 1. The van der Waals surface area contributed by atoms with Gasteiger partial charge in [-0.1, -0.05) is 18.2 Å². The van der Waals surface area contributed by atoms with Gasteiger partial charge in [0.25, 0.3) is 15.9 Å². The Bertz CT molecular complexity index is 1450. The summed E-state index contributed by atoms with van der Waals surface area (Å²) in [5.74, 6) is -1.85. The maximum atomic E-state index is 13.2. The summed E-state index contributed by atoms with van der Waals surface area (Å²) in [7, 11) is -3.38. The molecule has 4 aromatic rings. The first-order valence-electron chi connectivity index (χ1n) is 9.81. The monoisotopic (exact) mass is 464 g/mol. The van der Waals surface area contributed by atoms with Crippen molar-refractivity contribution in [3.8, 4) is 28.4 Å². The van der Waals surface area contributed by atoms with E-state index in [-0.39, 0.29) is 16.9 Å². The first kappa shape index (κ1) is 22.0. The van der Waals surface area contributed by atoms with Gasteiger partial charge in [0.05, 0.1) is 23.1 Å². The fraction of sp³-hybridized carbons (Fsp3) is 0.0870. The normalized spacial score (nSPS) is 11.3. The van der Waals surface area contributed by atoms with Gasteiger partial charge in [-0.05, 0) is 42.8 Å². The van der Waals surface area contributed by atoms with Gasteiger partial charge in [0, 0.05) is 31.1 Å². The van der Waals surface area contributed by atoms with Crippen molar-refractivity contribution in [1.82, 2.24) is 19.1 Å². The fourth-order valence-electron chi connectivity index (χ4n) is 3.40. The van der Waals surface area contributed by atoms with Gasteiger partial charge in [0.15, 0.2) is 0 Å². The van der Waals surface area contributed by atoms with Crippen molar-refractivity contribution in [3.63, 3.8) is 0 Å². The van der Waals surface area contributed by atoms with Gasteiger partial charge < -0.3 is 10.2 Å². The maximum Gasteiger partial charge on any atom is 0.270 e. The van der Waals surface area contributed by atoms with Crippen molar-refractivity contribution in [3.05, 3.63) is 84.3 Å². The Kier molecular flexibility index (Phi) is 5.60. The first-order chi connectivity index (χ1) is 15.7. The van der Waals surface area contributed by atoms with E-state index in [1.54, 1.807) is 10.7 Å². The van der Waals surface area contributed by atoms with Crippen LogP contribution in [0.25, 0.3) is 16.9 Å². The van der Waals surface area contributed by atoms with Gasteiger partial charge in [0.1, 0.15) is 16.4 Å². The number of benzene rings is 2. The molecule has 33 heavy (non-hydrogen) atoms. The van der Waals surface area contributed by atoms with Crippen LogP contribution in [0, 0.1) is 6.92 Å². The van der Waals surface area contributed by atoms with Crippen molar-refractivity contribution < 1.29 is 23.4 Å². The van der Waals surface area contributed by atoms with Crippen molar-refractivity contribution in [2.75, 3.05) is 7.05 Å². The van der Waals surface area contributed by atoms with E-state index in [1.165, 1.54) is 30.7 Å². The SMILES string of the molecule is Cc1ccccc1-n1nccc1-c1cc(S(=O)(=O)N(C)C(=O)c2cccnc2)c(O)cc1O. The summed E-state index contributed by atoms with van der Waals surface area (Å²) in [6.45, 7) is 1.90. The molecule has 0 saturated carbocycles. The molecule has 168 valence electrons. The summed E-state index contributed by atoms with van der Waals surface area (Å²) in [5.41, 5.74) is 2.24. The molecule has 0 atom stereocenters. The zero-order valence-electron chi connectivity index (χ0n) is 17.7. The molecule has 9 nitrogen and oxygen atoms in total. The zero-order chi connectivity index (χ0) is 23.8. The topological polar surface area (TPSA) is 126 Å². The Balaban J connectivity index is 1.82. The van der Waals surface area contributed by atoms with E-state index in [4.69, 9.17) is 0 Å². The van der Waals surface area contributed by atoms with E-state index in [9.17, 15) is 23.4 Å². The van der Waals surface area contributed by atoms with Crippen LogP contribution in [0.1, 0.15) is 15.9 Å². The van der Waals surface area contributed by atoms with Crippen LogP contribution in [0.5, 0.6) is 11.5 Å². The summed E-state index contributed by atoms with van der Waals surface area (Å²) >= 11 is 0. The van der Waals surface area contributed by atoms with Crippen LogP contribution in [0.3, 0.4) is 0 Å². The van der Waals surface area contributed by atoms with Gasteiger partial charge in [-0.15, -0.1) is 0 Å². The standard InChI is InChI=1S/C23H20N4O5S/c1-15-6-3-4-8-18(15)27-19(9-11-25-27)17-12-22(21(29)13-20(17)28)33(31,32)26(2)23(30)16-7-5-10-24-14-16/h3-14,28-29H,1-2H3. The minimum atomic E-state index is -4.47. The van der Waals surface area contributed by atoms with Gasteiger partial charge >= 0.3 is 0 Å². The van der Waals surface area contributed by atoms with Gasteiger partial charge in [-0.2, -0.15) is 5.10 Å². The fourth-order valence-corrected chi connectivity index (χ4v) is 4.61. The molecule has 0 aliphatic rings. The lowest BCUT2D eigenvalue weighted by Crippen LogP contribution is -2.33. The lowest BCUT2D eigenvalue weighted by Gasteiger charge is -2.19. The van der Waals surface area contributed by atoms with Crippen molar-refractivity contribution >= 4 is 15.9 Å². The summed E-state index contributed by atoms with van der Waals surface area (Å²) in [5, 5.41) is 25.2. The number of hydrogen-bond donors (Lipinski definition) is 2. The summed E-state index contributed by atoms with van der Waals surface area (Å²) in [6.07, 6.45) is 4.22. The lowest BCUT2D eigenvalue weighted by atomic mass is 10.1. The largest absolute Gasteiger partial charge is 0.507 e. The number of aromatic nitrogens is 3. The molecule has 10 heteroatoms. The van der Waals surface area contributed by atoms with Crippen molar-refractivity contribution in [2.45, 2.75) is 11.8 Å². The predicted molar refractivity (Wildman–Crippen MR) is 121 cm³/mol. The molecule has 0 unspecified atom stereocenters. The van der Waals surface area contributed by atoms with E-state index >= 15 is 0 Å². The zero-order valence-corrected chi connectivity index (χ0v) is 18.6. The number of pyridine rings is 1. The number of aromatic hydroxyl groups is 2. The van der Waals surface area contributed by atoms with E-state index in [0.717, 1.165) is 30.4 Å². The van der Waals surface area contributed by atoms with Crippen LogP contribution in [0.4, 0.5) is 0 Å². The number of nitrogens with zero attached hydrogens (tertiary/aromatic N) is 4. The molecular formula is C23H20N4O5S. The molecule has 0 radical (unpaired) electrons. The van der Waals surface area contributed by atoms with Crippen LogP contribution in [0.2, 0.25) is 0 Å². The van der Waals surface area contributed by atoms with Gasteiger partial charge in [-0.3, -0.25) is 9.78 Å². The molecule has 0 aliphatic heterocycles. The smallest absolute Gasteiger partial charge is 0.270 e. The second kappa shape index (κ2) is 8.40. The molecule has 0 spiro atoms. The number of phenolic OH excluding ortho intramolecular Hbond substituents is 2. The molecule has 2 aromatic heterocycles. The molecule has 0 saturated heterocycles. The molecule has 2 N–H and O–H groups in total. The van der Waals surface area contributed by atoms with E-state index < -0.39 is 26.6 Å². The predicted octanol–water partition coefficient (Wildman–Crippen LogP) is 3.11. The Morgan fingerprint density at radius 1 is 1.00 bits per heavy atom. The highest BCUT2D eigenvalue weighted by Crippen LogP contribution is 2.38. The highest BCUT2D eigenvalue weighted by Gasteiger charge is 2.31. The van der Waals surface area contributed by atoms with E-state index in [0.29, 0.717) is 10.00 Å². The number of rotatable bonds is 5. The quantitative estimate of drug-likeness (QED) is 0.465. The van der Waals surface area contributed by atoms with Crippen LogP contribution >= 0.6 is 0 Å². The lowest BCUT2D eigenvalue weighted by molar-refractivity contribution is 0.0882. The van der Waals surface area contributed by atoms with Gasteiger partial charge in [0.2, 0.25) is 0 Å². The molecule has 0 aliphatic carbocycles. The maximum absolute atomic E-state index is 13.2. The minimum absolute atomic E-state index is 0.0692. The number of aryl methyl sites for hydroxylation is 1. The Labute approximate surface area is 190 Å². The number of para-hydroxylation sites is 1. The van der Waals surface area contributed by atoms with E-state index in [1.807, 2.05) is 31.2 Å². The third kappa shape index (κ3) is 3.92. The highest BCUT2D eigenvalue weighted by molar-refractivity contribution is 7.89. The Morgan fingerprint density at radius 3 is 2.45 bits per heavy atom. The summed E-state index contributed by atoms with van der Waals surface area (Å²) < 4.78 is 28.5. The molecule has 4 rings (SSSR count). The van der Waals surface area contributed by atoms with Crippen molar-refractivity contribution in [2.24, 2.45) is 0 Å². The minimum Gasteiger partial charge on any atom is -0.507 e. The van der Waals surface area contributed by atoms with Gasteiger partial charge in [-0.25, -0.2) is 17.4 Å². The number of carbonyl (C=O) groups excluding carboxylic acids is 1. The molecule has 2 aromatic carbocycles. The van der Waals surface area contributed by atoms with Crippen molar-refractivity contribution in [1.29, 1.82) is 0 Å². The number of phenols is 2. The summed E-state index contributed by atoms with van der Waals surface area (Å²) in [6, 6.07) is 14.0. The highest BCUT2D eigenvalue weighted by atomic mass is 32.2. The van der Waals surface area contributed by atoms with E-state index in [2.05, 4.69) is 10.1 Å². The van der Waals surface area contributed by atoms with Crippen LogP contribution in [-0.2, 0) is 10.0 Å². The molecule has 0 bridgehead atoms. The second-order valence-electron chi connectivity index (χ2n) is 7.27. The average molecular weight is 465 g/mol. The average Bonchev–Trinajstić information content (AvgIpc) is 3.28. The molecular weight excluding hydrogens is 444 g/mol. The van der Waals surface area contributed by atoms with Crippen LogP contribution in [-0.4, -0.2) is 50.7 Å². The third-order valence-corrected chi connectivity index (χ3v) is 6.94.